The lowest BCUT2D eigenvalue weighted by Crippen LogP contribution is -2.33. The summed E-state index contributed by atoms with van der Waals surface area (Å²) in [6, 6.07) is 10.1. The van der Waals surface area contributed by atoms with E-state index < -0.39 is 0 Å². The lowest BCUT2D eigenvalue weighted by molar-refractivity contribution is 0.0765. The third kappa shape index (κ3) is 5.34. The summed E-state index contributed by atoms with van der Waals surface area (Å²) in [5.74, 6) is 1.22. The molecule has 2 aromatic rings. The van der Waals surface area contributed by atoms with Gasteiger partial charge in [0.1, 0.15) is 23.8 Å². The molecule has 0 aliphatic carbocycles. The number of nitrogens with zero attached hydrogens (tertiary/aromatic N) is 3. The number of ether oxygens (including phenoxy) is 2. The van der Waals surface area contributed by atoms with E-state index in [4.69, 9.17) is 9.47 Å². The number of aryl methyl sites for hydroxylation is 1. The molecule has 140 valence electrons. The van der Waals surface area contributed by atoms with Crippen LogP contribution in [0.2, 0.25) is 0 Å². The van der Waals surface area contributed by atoms with E-state index in [1.54, 1.807) is 14.2 Å². The van der Waals surface area contributed by atoms with Gasteiger partial charge in [-0.1, -0.05) is 13.3 Å². The largest absolute Gasteiger partial charge is 0.497 e. The first kappa shape index (κ1) is 19.5. The SMILES string of the molecule is CCCCn1nc(C(=O)N(C)CCOc2ccc(OC)cc2)ccc1=O. The Balaban J connectivity index is 1.91. The van der Waals surface area contributed by atoms with Gasteiger partial charge in [-0.15, -0.1) is 0 Å². The van der Waals surface area contributed by atoms with Crippen molar-refractivity contribution in [1.29, 1.82) is 0 Å². The van der Waals surface area contributed by atoms with Crippen molar-refractivity contribution in [3.05, 3.63) is 52.4 Å². The molecule has 0 atom stereocenters. The predicted octanol–water partition coefficient (Wildman–Crippen LogP) is 2.20. The number of benzene rings is 1. The number of unbranched alkanes of at least 4 members (excludes halogenated alkanes) is 1. The highest BCUT2D eigenvalue weighted by molar-refractivity contribution is 5.91. The van der Waals surface area contributed by atoms with Crippen molar-refractivity contribution in [3.63, 3.8) is 0 Å². The van der Waals surface area contributed by atoms with Crippen LogP contribution in [-0.4, -0.2) is 47.9 Å². The highest BCUT2D eigenvalue weighted by Crippen LogP contribution is 2.16. The van der Waals surface area contributed by atoms with Crippen LogP contribution < -0.4 is 15.0 Å². The van der Waals surface area contributed by atoms with Gasteiger partial charge in [0.15, 0.2) is 0 Å². The standard InChI is InChI=1S/C19H25N3O4/c1-4-5-12-22-18(23)11-10-17(20-22)19(24)21(2)13-14-26-16-8-6-15(25-3)7-9-16/h6-11H,4-5,12-14H2,1-3H3. The van der Waals surface area contributed by atoms with E-state index in [2.05, 4.69) is 5.10 Å². The number of carbonyl (C=O) groups excluding carboxylic acids is 1. The minimum Gasteiger partial charge on any atom is -0.497 e. The van der Waals surface area contributed by atoms with E-state index in [9.17, 15) is 9.59 Å². The van der Waals surface area contributed by atoms with Gasteiger partial charge in [-0.25, -0.2) is 4.68 Å². The fraction of sp³-hybridized carbons (Fsp3) is 0.421. The quantitative estimate of drug-likeness (QED) is 0.686. The minimum absolute atomic E-state index is 0.194. The lowest BCUT2D eigenvalue weighted by atomic mass is 10.3. The molecule has 1 aromatic carbocycles. The average molecular weight is 359 g/mol. The van der Waals surface area contributed by atoms with Crippen LogP contribution in [0.1, 0.15) is 30.3 Å². The van der Waals surface area contributed by atoms with Crippen molar-refractivity contribution < 1.29 is 14.3 Å². The number of amides is 1. The maximum Gasteiger partial charge on any atom is 0.274 e. The topological polar surface area (TPSA) is 73.7 Å². The van der Waals surface area contributed by atoms with E-state index in [1.165, 1.54) is 21.7 Å². The van der Waals surface area contributed by atoms with Crippen LogP contribution >= 0.6 is 0 Å². The van der Waals surface area contributed by atoms with Crippen molar-refractivity contribution in [2.45, 2.75) is 26.3 Å². The van der Waals surface area contributed by atoms with Crippen LogP contribution in [0.15, 0.2) is 41.2 Å². The number of rotatable bonds is 9. The van der Waals surface area contributed by atoms with Crippen LogP contribution in [0.4, 0.5) is 0 Å². The molecular formula is C19H25N3O4. The Morgan fingerprint density at radius 2 is 1.85 bits per heavy atom. The molecule has 7 nitrogen and oxygen atoms in total. The molecule has 7 heteroatoms. The van der Waals surface area contributed by atoms with E-state index in [0.717, 1.165) is 18.6 Å². The van der Waals surface area contributed by atoms with Gasteiger partial charge in [0.25, 0.3) is 11.5 Å². The number of likely N-dealkylation sites (N-methyl/N-ethyl adjacent to an activating group) is 1. The number of methoxy groups -OCH3 is 1. The van der Waals surface area contributed by atoms with Crippen LogP contribution in [-0.2, 0) is 6.54 Å². The molecular weight excluding hydrogens is 334 g/mol. The van der Waals surface area contributed by atoms with Gasteiger partial charge in [-0.05, 0) is 36.8 Å². The van der Waals surface area contributed by atoms with Crippen LogP contribution in [0.5, 0.6) is 11.5 Å². The zero-order chi connectivity index (χ0) is 18.9. The van der Waals surface area contributed by atoms with Crippen molar-refractivity contribution in [2.24, 2.45) is 0 Å². The Labute approximate surface area is 153 Å². The molecule has 0 fully saturated rings. The van der Waals surface area contributed by atoms with Gasteiger partial charge in [0, 0.05) is 19.7 Å². The van der Waals surface area contributed by atoms with Crippen molar-refractivity contribution in [2.75, 3.05) is 27.3 Å². The smallest absolute Gasteiger partial charge is 0.274 e. The molecule has 0 radical (unpaired) electrons. The predicted molar refractivity (Wildman–Crippen MR) is 98.9 cm³/mol. The Hall–Kier alpha value is -2.83. The highest BCUT2D eigenvalue weighted by atomic mass is 16.5. The maximum atomic E-state index is 12.5. The molecule has 0 aliphatic heterocycles. The summed E-state index contributed by atoms with van der Waals surface area (Å²) in [5, 5.41) is 4.17. The summed E-state index contributed by atoms with van der Waals surface area (Å²) >= 11 is 0. The number of hydrogen-bond donors (Lipinski definition) is 0. The maximum absolute atomic E-state index is 12.5. The number of hydrogen-bond acceptors (Lipinski definition) is 5. The molecule has 26 heavy (non-hydrogen) atoms. The first-order chi connectivity index (χ1) is 12.5. The van der Waals surface area contributed by atoms with Gasteiger partial charge in [-0.2, -0.15) is 5.10 Å². The third-order valence-corrected chi connectivity index (χ3v) is 3.91. The average Bonchev–Trinajstić information content (AvgIpc) is 2.67. The molecule has 0 saturated heterocycles. The lowest BCUT2D eigenvalue weighted by Gasteiger charge is -2.17. The summed E-state index contributed by atoms with van der Waals surface area (Å²) in [6.07, 6.45) is 1.80. The fourth-order valence-corrected chi connectivity index (χ4v) is 2.30. The second-order valence-electron chi connectivity index (χ2n) is 5.88. The summed E-state index contributed by atoms with van der Waals surface area (Å²) in [4.78, 5) is 25.8. The van der Waals surface area contributed by atoms with Crippen LogP contribution in [0.25, 0.3) is 0 Å². The molecule has 0 N–H and O–H groups in total. The molecule has 1 amide bonds. The summed E-state index contributed by atoms with van der Waals surface area (Å²) < 4.78 is 12.1. The van der Waals surface area contributed by atoms with Crippen molar-refractivity contribution >= 4 is 5.91 Å². The summed E-state index contributed by atoms with van der Waals surface area (Å²) in [7, 11) is 3.29. The van der Waals surface area contributed by atoms with E-state index in [0.29, 0.717) is 25.4 Å². The zero-order valence-corrected chi connectivity index (χ0v) is 15.5. The monoisotopic (exact) mass is 359 g/mol. The molecule has 0 unspecified atom stereocenters. The minimum atomic E-state index is -0.242. The molecule has 0 saturated carbocycles. The Morgan fingerprint density at radius 1 is 1.15 bits per heavy atom. The summed E-state index contributed by atoms with van der Waals surface area (Å²) in [5.41, 5.74) is 0.0631. The highest BCUT2D eigenvalue weighted by Gasteiger charge is 2.14. The van der Waals surface area contributed by atoms with Crippen molar-refractivity contribution in [1.82, 2.24) is 14.7 Å². The van der Waals surface area contributed by atoms with E-state index in [-0.39, 0.29) is 17.2 Å². The van der Waals surface area contributed by atoms with Gasteiger partial charge in [-0.3, -0.25) is 9.59 Å². The first-order valence-corrected chi connectivity index (χ1v) is 8.65. The summed E-state index contributed by atoms with van der Waals surface area (Å²) in [6.45, 7) is 3.31. The molecule has 0 bridgehead atoms. The fourth-order valence-electron chi connectivity index (χ4n) is 2.30. The van der Waals surface area contributed by atoms with Crippen LogP contribution in [0, 0.1) is 0 Å². The molecule has 0 aliphatic rings. The van der Waals surface area contributed by atoms with Gasteiger partial charge in [0.05, 0.1) is 13.7 Å². The second-order valence-corrected chi connectivity index (χ2v) is 5.88. The second kappa shape index (κ2) is 9.60. The van der Waals surface area contributed by atoms with E-state index in [1.807, 2.05) is 31.2 Å². The molecule has 0 spiro atoms. The first-order valence-electron chi connectivity index (χ1n) is 8.65. The Bertz CT molecular complexity index is 771. The van der Waals surface area contributed by atoms with E-state index >= 15 is 0 Å². The van der Waals surface area contributed by atoms with Gasteiger partial charge in [0.2, 0.25) is 0 Å². The normalized spacial score (nSPS) is 10.4. The number of carbonyl (C=O) groups is 1. The van der Waals surface area contributed by atoms with Crippen molar-refractivity contribution in [3.8, 4) is 11.5 Å². The zero-order valence-electron chi connectivity index (χ0n) is 15.5. The van der Waals surface area contributed by atoms with Crippen LogP contribution in [0.3, 0.4) is 0 Å². The molecule has 2 rings (SSSR count). The van der Waals surface area contributed by atoms with Gasteiger partial charge < -0.3 is 14.4 Å². The number of aromatic nitrogens is 2. The molecule has 1 heterocycles. The van der Waals surface area contributed by atoms with Gasteiger partial charge >= 0.3 is 0 Å². The third-order valence-electron chi connectivity index (χ3n) is 3.91. The Kier molecular flexibility index (Phi) is 7.20. The molecule has 1 aromatic heterocycles. The Morgan fingerprint density at radius 3 is 2.50 bits per heavy atom.